The number of hydrogen-bond acceptors (Lipinski definition) is 5. The van der Waals surface area contributed by atoms with E-state index in [1.165, 1.54) is 30.2 Å². The van der Waals surface area contributed by atoms with Gasteiger partial charge in [0.1, 0.15) is 6.04 Å². The second-order valence-electron chi connectivity index (χ2n) is 5.84. The Morgan fingerprint density at radius 2 is 2.12 bits per heavy atom. The predicted octanol–water partition coefficient (Wildman–Crippen LogP) is 1.26. The molecule has 2 amide bonds. The van der Waals surface area contributed by atoms with Crippen molar-refractivity contribution in [3.8, 4) is 5.75 Å². The molecule has 1 aromatic carbocycles. The smallest absolute Gasteiger partial charge is 0.331 e. The quantitative estimate of drug-likeness (QED) is 0.605. The van der Waals surface area contributed by atoms with Gasteiger partial charge in [-0.1, -0.05) is 6.07 Å². The average molecular weight is 364 g/mol. The van der Waals surface area contributed by atoms with Crippen molar-refractivity contribution in [2.75, 3.05) is 20.3 Å². The number of carbonyl (C=O) groups excluding carboxylic acids is 3. The summed E-state index contributed by atoms with van der Waals surface area (Å²) in [6.45, 7) is -0.0745. The first kappa shape index (κ1) is 19.4. The van der Waals surface area contributed by atoms with Gasteiger partial charge in [-0.25, -0.2) is 9.18 Å². The van der Waals surface area contributed by atoms with Crippen molar-refractivity contribution in [2.24, 2.45) is 5.73 Å². The van der Waals surface area contributed by atoms with E-state index in [1.807, 2.05) is 0 Å². The number of methoxy groups -OCH3 is 1. The number of likely N-dealkylation sites (tertiary alicyclic amines) is 1. The van der Waals surface area contributed by atoms with Crippen LogP contribution in [-0.2, 0) is 19.1 Å². The monoisotopic (exact) mass is 364 g/mol. The molecule has 0 unspecified atom stereocenters. The molecule has 0 radical (unpaired) electrons. The molecule has 1 atom stereocenters. The summed E-state index contributed by atoms with van der Waals surface area (Å²) in [4.78, 5) is 36.7. The Kier molecular flexibility index (Phi) is 6.71. The van der Waals surface area contributed by atoms with E-state index < -0.39 is 36.2 Å². The molecule has 1 fully saturated rings. The van der Waals surface area contributed by atoms with Crippen molar-refractivity contribution in [3.05, 3.63) is 35.7 Å². The number of nitrogens with two attached hydrogens (primary N) is 1. The molecule has 1 aromatic rings. The number of halogens is 1. The molecule has 26 heavy (non-hydrogen) atoms. The zero-order valence-corrected chi connectivity index (χ0v) is 14.4. The summed E-state index contributed by atoms with van der Waals surface area (Å²) in [7, 11) is 1.35. The highest BCUT2D eigenvalue weighted by Crippen LogP contribution is 2.19. The van der Waals surface area contributed by atoms with Crippen LogP contribution in [0.1, 0.15) is 24.8 Å². The second kappa shape index (κ2) is 8.98. The number of benzene rings is 1. The third-order valence-corrected chi connectivity index (χ3v) is 4.08. The fourth-order valence-electron chi connectivity index (χ4n) is 2.74. The fraction of sp³-hybridized carbons (Fsp3) is 0.389. The molecule has 140 valence electrons. The lowest BCUT2D eigenvalue weighted by molar-refractivity contribution is -0.151. The van der Waals surface area contributed by atoms with Gasteiger partial charge in [-0.2, -0.15) is 0 Å². The van der Waals surface area contributed by atoms with Gasteiger partial charge in [-0.05, 0) is 43.0 Å². The second-order valence-corrected chi connectivity index (χ2v) is 5.84. The largest absolute Gasteiger partial charge is 0.494 e. The molecule has 1 aliphatic heterocycles. The predicted molar refractivity (Wildman–Crippen MR) is 91.5 cm³/mol. The lowest BCUT2D eigenvalue weighted by Gasteiger charge is -2.33. The number of rotatable bonds is 6. The molecule has 0 spiro atoms. The summed E-state index contributed by atoms with van der Waals surface area (Å²) >= 11 is 0. The van der Waals surface area contributed by atoms with Crippen molar-refractivity contribution >= 4 is 23.9 Å². The highest BCUT2D eigenvalue weighted by Gasteiger charge is 2.30. The van der Waals surface area contributed by atoms with Gasteiger partial charge in [-0.3, -0.25) is 9.59 Å². The summed E-state index contributed by atoms with van der Waals surface area (Å²) in [6, 6.07) is 3.55. The van der Waals surface area contributed by atoms with Gasteiger partial charge in [0.15, 0.2) is 18.2 Å². The SMILES string of the molecule is COc1ccc(/C=C/C(=O)OCC(=O)N2CCCC[C@@H]2C(N)=O)cc1F. The van der Waals surface area contributed by atoms with Crippen LogP contribution in [0.25, 0.3) is 6.08 Å². The van der Waals surface area contributed by atoms with Crippen LogP contribution in [0.2, 0.25) is 0 Å². The van der Waals surface area contributed by atoms with E-state index in [0.29, 0.717) is 18.5 Å². The van der Waals surface area contributed by atoms with E-state index in [-0.39, 0.29) is 5.75 Å². The fourth-order valence-corrected chi connectivity index (χ4v) is 2.74. The van der Waals surface area contributed by atoms with E-state index in [2.05, 4.69) is 0 Å². The van der Waals surface area contributed by atoms with Crippen molar-refractivity contribution in [2.45, 2.75) is 25.3 Å². The lowest BCUT2D eigenvalue weighted by atomic mass is 10.0. The van der Waals surface area contributed by atoms with Gasteiger partial charge in [0.25, 0.3) is 5.91 Å². The van der Waals surface area contributed by atoms with Crippen LogP contribution in [-0.4, -0.2) is 49.0 Å². The molecule has 8 heteroatoms. The van der Waals surface area contributed by atoms with Crippen molar-refractivity contribution < 1.29 is 28.2 Å². The van der Waals surface area contributed by atoms with E-state index in [4.69, 9.17) is 15.2 Å². The highest BCUT2D eigenvalue weighted by molar-refractivity contribution is 5.91. The molecule has 1 aliphatic rings. The van der Waals surface area contributed by atoms with E-state index in [0.717, 1.165) is 18.9 Å². The first-order chi connectivity index (χ1) is 12.4. The molecule has 2 N–H and O–H groups in total. The Bertz CT molecular complexity index is 720. The first-order valence-corrected chi connectivity index (χ1v) is 8.19. The number of hydrogen-bond donors (Lipinski definition) is 1. The van der Waals surface area contributed by atoms with Gasteiger partial charge in [0, 0.05) is 12.6 Å². The van der Waals surface area contributed by atoms with Gasteiger partial charge in [0.05, 0.1) is 7.11 Å². The van der Waals surface area contributed by atoms with Crippen LogP contribution in [0.4, 0.5) is 4.39 Å². The number of esters is 1. The number of amides is 2. The molecule has 0 aromatic heterocycles. The summed E-state index contributed by atoms with van der Waals surface area (Å²) in [5, 5.41) is 0. The maximum absolute atomic E-state index is 13.6. The van der Waals surface area contributed by atoms with E-state index in [9.17, 15) is 18.8 Å². The zero-order valence-electron chi connectivity index (χ0n) is 14.4. The van der Waals surface area contributed by atoms with Gasteiger partial charge in [0.2, 0.25) is 5.91 Å². The Hall–Kier alpha value is -2.90. The minimum absolute atomic E-state index is 0.0980. The molecule has 0 saturated carbocycles. The third kappa shape index (κ3) is 5.05. The van der Waals surface area contributed by atoms with Crippen LogP contribution in [0.5, 0.6) is 5.75 Å². The Morgan fingerprint density at radius 1 is 1.35 bits per heavy atom. The summed E-state index contributed by atoms with van der Waals surface area (Å²) in [5.41, 5.74) is 5.75. The topological polar surface area (TPSA) is 98.9 Å². The molecule has 2 rings (SSSR count). The standard InChI is InChI=1S/C18H21FN2O5/c1-25-15-7-5-12(10-13(15)19)6-8-17(23)26-11-16(22)21-9-3-2-4-14(21)18(20)24/h5-8,10,14H,2-4,9,11H2,1H3,(H2,20,24)/b8-6+/t14-/m1/s1. The minimum Gasteiger partial charge on any atom is -0.494 e. The van der Waals surface area contributed by atoms with Crippen LogP contribution in [0.15, 0.2) is 24.3 Å². The number of ether oxygens (including phenoxy) is 2. The molecule has 0 bridgehead atoms. The maximum atomic E-state index is 13.6. The Balaban J connectivity index is 1.88. The third-order valence-electron chi connectivity index (χ3n) is 4.08. The number of primary amides is 1. The first-order valence-electron chi connectivity index (χ1n) is 8.19. The molecular formula is C18H21FN2O5. The Morgan fingerprint density at radius 3 is 2.77 bits per heavy atom. The van der Waals surface area contributed by atoms with Crippen molar-refractivity contribution in [1.82, 2.24) is 4.90 Å². The molecule has 0 aliphatic carbocycles. The number of piperidine rings is 1. The van der Waals surface area contributed by atoms with Crippen molar-refractivity contribution in [3.63, 3.8) is 0 Å². The van der Waals surface area contributed by atoms with Crippen LogP contribution in [0.3, 0.4) is 0 Å². The highest BCUT2D eigenvalue weighted by atomic mass is 19.1. The van der Waals surface area contributed by atoms with Gasteiger partial charge < -0.3 is 20.1 Å². The normalized spacial score (nSPS) is 17.2. The molecule has 7 nitrogen and oxygen atoms in total. The van der Waals surface area contributed by atoms with E-state index in [1.54, 1.807) is 6.07 Å². The average Bonchev–Trinajstić information content (AvgIpc) is 2.64. The molecule has 1 saturated heterocycles. The van der Waals surface area contributed by atoms with Crippen LogP contribution in [0, 0.1) is 5.82 Å². The number of nitrogens with zero attached hydrogens (tertiary/aromatic N) is 1. The van der Waals surface area contributed by atoms with Gasteiger partial charge in [-0.15, -0.1) is 0 Å². The minimum atomic E-state index is -0.748. The summed E-state index contributed by atoms with van der Waals surface area (Å²) in [5.74, 6) is -2.24. The zero-order chi connectivity index (χ0) is 19.1. The lowest BCUT2D eigenvalue weighted by Crippen LogP contribution is -2.51. The Labute approximate surface area is 150 Å². The van der Waals surface area contributed by atoms with Crippen LogP contribution >= 0.6 is 0 Å². The maximum Gasteiger partial charge on any atom is 0.331 e. The van der Waals surface area contributed by atoms with Gasteiger partial charge >= 0.3 is 5.97 Å². The van der Waals surface area contributed by atoms with Crippen molar-refractivity contribution in [1.29, 1.82) is 0 Å². The molecular weight excluding hydrogens is 343 g/mol. The van der Waals surface area contributed by atoms with Crippen LogP contribution < -0.4 is 10.5 Å². The van der Waals surface area contributed by atoms with E-state index >= 15 is 0 Å². The summed E-state index contributed by atoms with van der Waals surface area (Å²) < 4.78 is 23.3. The number of carbonyl (C=O) groups is 3. The molecule has 1 heterocycles. The summed E-state index contributed by atoms with van der Waals surface area (Å²) in [6.07, 6.45) is 4.56.